The minimum absolute atomic E-state index is 0.0339. The van der Waals surface area contributed by atoms with E-state index in [1.165, 1.54) is 0 Å². The van der Waals surface area contributed by atoms with E-state index >= 15 is 0 Å². The molecule has 0 aromatic carbocycles. The quantitative estimate of drug-likeness (QED) is 0.732. The number of sulfonamides is 1. The molecule has 1 fully saturated rings. The topological polar surface area (TPSA) is 58.2 Å². The lowest BCUT2D eigenvalue weighted by atomic mass is 10.0. The molecule has 0 saturated carbocycles. The van der Waals surface area contributed by atoms with Gasteiger partial charge < -0.3 is 5.32 Å². The smallest absolute Gasteiger partial charge is 0.212 e. The first-order valence-corrected chi connectivity index (χ1v) is 9.12. The number of hydrogen-bond donors (Lipinski definition) is 2. The molecule has 17 heavy (non-hydrogen) atoms. The monoisotopic (exact) mass is 280 g/mol. The van der Waals surface area contributed by atoms with Crippen LogP contribution in [0.15, 0.2) is 0 Å². The van der Waals surface area contributed by atoms with Gasteiger partial charge in [0.25, 0.3) is 0 Å². The second-order valence-electron chi connectivity index (χ2n) is 4.65. The Balaban J connectivity index is 2.33. The fourth-order valence-electron chi connectivity index (χ4n) is 2.04. The van der Waals surface area contributed by atoms with Gasteiger partial charge in [-0.2, -0.15) is 11.8 Å². The summed E-state index contributed by atoms with van der Waals surface area (Å²) in [5.74, 6) is 2.48. The van der Waals surface area contributed by atoms with E-state index in [0.717, 1.165) is 37.4 Å². The van der Waals surface area contributed by atoms with E-state index in [1.54, 1.807) is 11.8 Å². The van der Waals surface area contributed by atoms with Crippen LogP contribution in [0.1, 0.15) is 26.7 Å². The van der Waals surface area contributed by atoms with Crippen LogP contribution < -0.4 is 10.0 Å². The molecule has 2 N–H and O–H groups in total. The van der Waals surface area contributed by atoms with E-state index < -0.39 is 10.0 Å². The average Bonchev–Trinajstić information content (AvgIpc) is 2.26. The number of hydrogen-bond acceptors (Lipinski definition) is 4. The van der Waals surface area contributed by atoms with Gasteiger partial charge in [0.2, 0.25) is 10.0 Å². The van der Waals surface area contributed by atoms with Gasteiger partial charge in [-0.15, -0.1) is 0 Å². The van der Waals surface area contributed by atoms with Crippen LogP contribution in [0, 0.1) is 5.92 Å². The molecule has 6 heteroatoms. The lowest BCUT2D eigenvalue weighted by molar-refractivity contribution is 0.399. The zero-order valence-corrected chi connectivity index (χ0v) is 12.4. The first kappa shape index (κ1) is 15.3. The third kappa shape index (κ3) is 6.64. The van der Waals surface area contributed by atoms with Crippen LogP contribution in [0.25, 0.3) is 0 Å². The Hall–Kier alpha value is 0.220. The van der Waals surface area contributed by atoms with E-state index in [4.69, 9.17) is 0 Å². The maximum atomic E-state index is 11.9. The maximum absolute atomic E-state index is 11.9. The zero-order valence-electron chi connectivity index (χ0n) is 10.7. The molecule has 0 aromatic rings. The standard InChI is InChI=1S/C11H24N2O2S2/c1-3-16-8-10(2)13-17(14,15)9-11-4-6-12-7-5-11/h10-13H,3-9H2,1-2H3. The summed E-state index contributed by atoms with van der Waals surface area (Å²) in [4.78, 5) is 0. The number of nitrogens with one attached hydrogen (secondary N) is 2. The van der Waals surface area contributed by atoms with Crippen molar-refractivity contribution in [2.24, 2.45) is 5.92 Å². The van der Waals surface area contributed by atoms with Crippen molar-refractivity contribution in [1.29, 1.82) is 0 Å². The molecular formula is C11H24N2O2S2. The highest BCUT2D eigenvalue weighted by Gasteiger charge is 2.22. The Morgan fingerprint density at radius 2 is 2.06 bits per heavy atom. The van der Waals surface area contributed by atoms with Gasteiger partial charge in [0.05, 0.1) is 5.75 Å². The summed E-state index contributed by atoms with van der Waals surface area (Å²) in [6.07, 6.45) is 1.94. The van der Waals surface area contributed by atoms with E-state index in [1.807, 2.05) is 6.92 Å². The summed E-state index contributed by atoms with van der Waals surface area (Å²) in [7, 11) is -3.10. The third-order valence-corrected chi connectivity index (χ3v) is 5.68. The molecule has 102 valence electrons. The summed E-state index contributed by atoms with van der Waals surface area (Å²) in [6, 6.07) is 0.0339. The van der Waals surface area contributed by atoms with Crippen molar-refractivity contribution in [3.05, 3.63) is 0 Å². The number of rotatable bonds is 7. The SMILES string of the molecule is CCSCC(C)NS(=O)(=O)CC1CCNCC1. The number of piperidine rings is 1. The molecule has 0 bridgehead atoms. The van der Waals surface area contributed by atoms with Crippen molar-refractivity contribution in [3.8, 4) is 0 Å². The molecular weight excluding hydrogens is 256 g/mol. The molecule has 1 unspecified atom stereocenters. The summed E-state index contributed by atoms with van der Waals surface area (Å²) in [5, 5.41) is 3.25. The Morgan fingerprint density at radius 1 is 1.41 bits per heavy atom. The molecule has 1 saturated heterocycles. The molecule has 1 atom stereocenters. The highest BCUT2D eigenvalue weighted by atomic mass is 32.2. The van der Waals surface area contributed by atoms with E-state index in [9.17, 15) is 8.42 Å². The zero-order chi connectivity index (χ0) is 12.7. The van der Waals surface area contributed by atoms with Crippen LogP contribution in [0.2, 0.25) is 0 Å². The van der Waals surface area contributed by atoms with Crippen molar-refractivity contribution < 1.29 is 8.42 Å². The van der Waals surface area contributed by atoms with Gasteiger partial charge in [-0.05, 0) is 44.5 Å². The van der Waals surface area contributed by atoms with Gasteiger partial charge in [0.15, 0.2) is 0 Å². The minimum Gasteiger partial charge on any atom is -0.317 e. The van der Waals surface area contributed by atoms with Crippen molar-refractivity contribution >= 4 is 21.8 Å². The van der Waals surface area contributed by atoms with Crippen molar-refractivity contribution in [2.45, 2.75) is 32.7 Å². The van der Waals surface area contributed by atoms with Crippen molar-refractivity contribution in [3.63, 3.8) is 0 Å². The maximum Gasteiger partial charge on any atom is 0.212 e. The molecule has 0 amide bonds. The lowest BCUT2D eigenvalue weighted by Crippen LogP contribution is -2.40. The van der Waals surface area contributed by atoms with Gasteiger partial charge >= 0.3 is 0 Å². The molecule has 0 aliphatic carbocycles. The summed E-state index contributed by atoms with van der Waals surface area (Å²) in [5.41, 5.74) is 0. The van der Waals surface area contributed by atoms with Gasteiger partial charge in [0, 0.05) is 11.8 Å². The second kappa shape index (κ2) is 7.61. The van der Waals surface area contributed by atoms with Gasteiger partial charge in [-0.3, -0.25) is 0 Å². The Kier molecular flexibility index (Phi) is 6.84. The Bertz CT molecular complexity index is 301. The van der Waals surface area contributed by atoms with Crippen LogP contribution >= 0.6 is 11.8 Å². The van der Waals surface area contributed by atoms with E-state index in [2.05, 4.69) is 17.0 Å². The Morgan fingerprint density at radius 3 is 2.65 bits per heavy atom. The molecule has 1 heterocycles. The van der Waals surface area contributed by atoms with E-state index in [0.29, 0.717) is 5.92 Å². The third-order valence-electron chi connectivity index (χ3n) is 2.87. The van der Waals surface area contributed by atoms with Crippen LogP contribution in [-0.2, 0) is 10.0 Å². The predicted molar refractivity (Wildman–Crippen MR) is 75.0 cm³/mol. The first-order chi connectivity index (χ1) is 8.03. The molecule has 1 aliphatic rings. The average molecular weight is 280 g/mol. The Labute approximate surface area is 109 Å². The second-order valence-corrected chi connectivity index (χ2v) is 7.77. The fraction of sp³-hybridized carbons (Fsp3) is 1.00. The van der Waals surface area contributed by atoms with Gasteiger partial charge in [0.1, 0.15) is 0 Å². The molecule has 1 aliphatic heterocycles. The van der Waals surface area contributed by atoms with Crippen LogP contribution in [0.4, 0.5) is 0 Å². The fourth-order valence-corrected chi connectivity index (χ4v) is 4.57. The molecule has 0 radical (unpaired) electrons. The highest BCUT2D eigenvalue weighted by molar-refractivity contribution is 7.99. The molecule has 0 aromatic heterocycles. The van der Waals surface area contributed by atoms with Crippen molar-refractivity contribution in [2.75, 3.05) is 30.3 Å². The normalized spacial score (nSPS) is 20.4. The largest absolute Gasteiger partial charge is 0.317 e. The molecule has 4 nitrogen and oxygen atoms in total. The molecule has 1 rings (SSSR count). The van der Waals surface area contributed by atoms with E-state index in [-0.39, 0.29) is 11.8 Å². The summed E-state index contributed by atoms with van der Waals surface area (Å²) in [6.45, 7) is 5.91. The molecule has 0 spiro atoms. The number of thioether (sulfide) groups is 1. The van der Waals surface area contributed by atoms with Gasteiger partial charge in [-0.1, -0.05) is 6.92 Å². The highest BCUT2D eigenvalue weighted by Crippen LogP contribution is 2.14. The summed E-state index contributed by atoms with van der Waals surface area (Å²) < 4.78 is 26.6. The summed E-state index contributed by atoms with van der Waals surface area (Å²) >= 11 is 1.77. The van der Waals surface area contributed by atoms with Gasteiger partial charge in [-0.25, -0.2) is 13.1 Å². The predicted octanol–water partition coefficient (Wildman–Crippen LogP) is 1.05. The lowest BCUT2D eigenvalue weighted by Gasteiger charge is -2.23. The van der Waals surface area contributed by atoms with Crippen LogP contribution in [-0.4, -0.2) is 44.8 Å². The minimum atomic E-state index is -3.10. The van der Waals surface area contributed by atoms with Crippen LogP contribution in [0.5, 0.6) is 0 Å². The van der Waals surface area contributed by atoms with Crippen molar-refractivity contribution in [1.82, 2.24) is 10.0 Å². The first-order valence-electron chi connectivity index (χ1n) is 6.32. The van der Waals surface area contributed by atoms with Crippen LogP contribution in [0.3, 0.4) is 0 Å².